The zero-order valence-electron chi connectivity index (χ0n) is 12.8. The first-order valence-electron chi connectivity index (χ1n) is 7.10. The second-order valence-electron chi connectivity index (χ2n) is 5.36. The minimum Gasteiger partial charge on any atom is -0.444 e. The Hall–Kier alpha value is -1.85. The number of carbonyl (C=O) groups excluding carboxylic acids is 1. The Morgan fingerprint density at radius 1 is 1.36 bits per heavy atom. The van der Waals surface area contributed by atoms with E-state index in [1.165, 1.54) is 0 Å². The van der Waals surface area contributed by atoms with Crippen LogP contribution in [0.3, 0.4) is 0 Å². The summed E-state index contributed by atoms with van der Waals surface area (Å²) in [5, 5.41) is 2.80. The Bertz CT molecular complexity index is 596. The van der Waals surface area contributed by atoms with Crippen molar-refractivity contribution in [3.63, 3.8) is 0 Å². The Balaban J connectivity index is 0.00000242. The van der Waals surface area contributed by atoms with Crippen molar-refractivity contribution in [3.05, 3.63) is 42.3 Å². The maximum absolute atomic E-state index is 12.0. The Kier molecular flexibility index (Phi) is 6.59. The van der Waals surface area contributed by atoms with Crippen LogP contribution in [0.25, 0.3) is 11.5 Å². The summed E-state index contributed by atoms with van der Waals surface area (Å²) < 4.78 is 5.42. The van der Waals surface area contributed by atoms with Gasteiger partial charge in [-0.1, -0.05) is 31.5 Å². The molecule has 1 heterocycles. The van der Waals surface area contributed by atoms with Crippen LogP contribution in [0.5, 0.6) is 0 Å². The normalized spacial score (nSPS) is 13.0. The van der Waals surface area contributed by atoms with Crippen molar-refractivity contribution in [2.24, 2.45) is 5.73 Å². The fraction of sp³-hybridized carbons (Fsp3) is 0.375. The van der Waals surface area contributed by atoms with Gasteiger partial charge in [-0.25, -0.2) is 4.98 Å². The standard InChI is InChI=1S/C16H21N3O2.ClH/c1-3-9-16(2,17)15(20)18-10-13-11-21-14(19-13)12-7-5-4-6-8-12;/h4-8,11H,3,9-10,17H2,1-2H3,(H,18,20);1H. The Morgan fingerprint density at radius 2 is 2.05 bits per heavy atom. The molecule has 0 spiro atoms. The first-order chi connectivity index (χ1) is 10.0. The highest BCUT2D eigenvalue weighted by Gasteiger charge is 2.26. The third-order valence-corrected chi connectivity index (χ3v) is 3.29. The SMILES string of the molecule is CCCC(C)(N)C(=O)NCc1coc(-c2ccccc2)n1.Cl. The van der Waals surface area contributed by atoms with E-state index in [1.807, 2.05) is 37.3 Å². The van der Waals surface area contributed by atoms with Crippen LogP contribution in [-0.4, -0.2) is 16.4 Å². The topological polar surface area (TPSA) is 81.2 Å². The molecule has 0 fully saturated rings. The lowest BCUT2D eigenvalue weighted by Crippen LogP contribution is -2.51. The van der Waals surface area contributed by atoms with Gasteiger partial charge in [0.25, 0.3) is 0 Å². The van der Waals surface area contributed by atoms with Crippen LogP contribution in [0.15, 0.2) is 41.0 Å². The van der Waals surface area contributed by atoms with Crippen molar-refractivity contribution in [1.29, 1.82) is 0 Å². The molecule has 22 heavy (non-hydrogen) atoms. The fourth-order valence-corrected chi connectivity index (χ4v) is 2.11. The van der Waals surface area contributed by atoms with Crippen molar-refractivity contribution >= 4 is 18.3 Å². The third-order valence-electron chi connectivity index (χ3n) is 3.29. The van der Waals surface area contributed by atoms with Crippen molar-refractivity contribution < 1.29 is 9.21 Å². The van der Waals surface area contributed by atoms with Crippen LogP contribution in [0.4, 0.5) is 0 Å². The molecular weight excluding hydrogens is 302 g/mol. The van der Waals surface area contributed by atoms with Gasteiger partial charge in [-0.3, -0.25) is 4.79 Å². The predicted octanol–water partition coefficient (Wildman–Crippen LogP) is 2.90. The zero-order chi connectivity index (χ0) is 15.3. The monoisotopic (exact) mass is 323 g/mol. The quantitative estimate of drug-likeness (QED) is 0.856. The average molecular weight is 324 g/mol. The van der Waals surface area contributed by atoms with Gasteiger partial charge in [0.15, 0.2) is 0 Å². The van der Waals surface area contributed by atoms with E-state index in [0.29, 0.717) is 24.6 Å². The summed E-state index contributed by atoms with van der Waals surface area (Å²) in [5.74, 6) is 0.373. The molecule has 1 atom stereocenters. The number of nitrogens with one attached hydrogen (secondary N) is 1. The number of oxazole rings is 1. The number of carbonyl (C=O) groups is 1. The lowest BCUT2D eigenvalue weighted by atomic mass is 9.96. The fourth-order valence-electron chi connectivity index (χ4n) is 2.11. The lowest BCUT2D eigenvalue weighted by Gasteiger charge is -2.22. The highest BCUT2D eigenvalue weighted by atomic mass is 35.5. The molecule has 1 unspecified atom stereocenters. The summed E-state index contributed by atoms with van der Waals surface area (Å²) >= 11 is 0. The van der Waals surface area contributed by atoms with Crippen LogP contribution in [-0.2, 0) is 11.3 Å². The zero-order valence-corrected chi connectivity index (χ0v) is 13.7. The molecule has 1 aromatic heterocycles. The van der Waals surface area contributed by atoms with Crippen molar-refractivity contribution in [2.75, 3.05) is 0 Å². The minimum absolute atomic E-state index is 0. The summed E-state index contributed by atoms with van der Waals surface area (Å²) in [6.07, 6.45) is 3.06. The molecule has 0 saturated heterocycles. The summed E-state index contributed by atoms with van der Waals surface area (Å²) in [5.41, 5.74) is 6.71. The molecule has 1 aromatic carbocycles. The van der Waals surface area contributed by atoms with Crippen LogP contribution in [0.1, 0.15) is 32.4 Å². The van der Waals surface area contributed by atoms with Gasteiger partial charge < -0.3 is 15.5 Å². The summed E-state index contributed by atoms with van der Waals surface area (Å²) in [6, 6.07) is 9.62. The maximum Gasteiger partial charge on any atom is 0.240 e. The Morgan fingerprint density at radius 3 is 2.68 bits per heavy atom. The largest absolute Gasteiger partial charge is 0.444 e. The molecule has 0 saturated carbocycles. The van der Waals surface area contributed by atoms with Crippen LogP contribution >= 0.6 is 12.4 Å². The molecule has 5 nitrogen and oxygen atoms in total. The van der Waals surface area contributed by atoms with Crippen molar-refractivity contribution in [3.8, 4) is 11.5 Å². The molecule has 0 aliphatic carbocycles. The summed E-state index contributed by atoms with van der Waals surface area (Å²) in [7, 11) is 0. The molecule has 2 rings (SSSR count). The van der Waals surface area contributed by atoms with E-state index in [2.05, 4.69) is 10.3 Å². The van der Waals surface area contributed by atoms with E-state index in [0.717, 1.165) is 12.0 Å². The molecule has 2 aromatic rings. The van der Waals surface area contributed by atoms with Gasteiger partial charge in [0.05, 0.1) is 17.8 Å². The van der Waals surface area contributed by atoms with Gasteiger partial charge in [-0.15, -0.1) is 12.4 Å². The van der Waals surface area contributed by atoms with E-state index in [9.17, 15) is 4.79 Å². The van der Waals surface area contributed by atoms with Crippen LogP contribution < -0.4 is 11.1 Å². The average Bonchev–Trinajstić information content (AvgIpc) is 2.94. The van der Waals surface area contributed by atoms with Crippen LogP contribution in [0, 0.1) is 0 Å². The van der Waals surface area contributed by atoms with E-state index in [1.54, 1.807) is 13.2 Å². The maximum atomic E-state index is 12.0. The summed E-state index contributed by atoms with van der Waals surface area (Å²) in [6.45, 7) is 4.05. The molecule has 0 aliphatic heterocycles. The highest BCUT2D eigenvalue weighted by Crippen LogP contribution is 2.18. The molecule has 0 aliphatic rings. The van der Waals surface area contributed by atoms with Gasteiger partial charge in [-0.05, 0) is 25.5 Å². The van der Waals surface area contributed by atoms with Gasteiger partial charge in [0.2, 0.25) is 11.8 Å². The molecule has 120 valence electrons. The molecule has 0 radical (unpaired) electrons. The van der Waals surface area contributed by atoms with Gasteiger partial charge in [-0.2, -0.15) is 0 Å². The lowest BCUT2D eigenvalue weighted by molar-refractivity contribution is -0.126. The number of halogens is 1. The third kappa shape index (κ3) is 4.58. The molecule has 0 bridgehead atoms. The first kappa shape index (κ1) is 18.2. The predicted molar refractivity (Wildman–Crippen MR) is 88.5 cm³/mol. The van der Waals surface area contributed by atoms with Gasteiger partial charge in [0, 0.05) is 5.56 Å². The molecule has 6 heteroatoms. The van der Waals surface area contributed by atoms with Crippen LogP contribution in [0.2, 0.25) is 0 Å². The molecule has 1 amide bonds. The van der Waals surface area contributed by atoms with Crippen molar-refractivity contribution in [2.45, 2.75) is 38.8 Å². The van der Waals surface area contributed by atoms with Crippen molar-refractivity contribution in [1.82, 2.24) is 10.3 Å². The molecule has 3 N–H and O–H groups in total. The Labute approximate surface area is 136 Å². The summed E-state index contributed by atoms with van der Waals surface area (Å²) in [4.78, 5) is 16.4. The van der Waals surface area contributed by atoms with E-state index >= 15 is 0 Å². The minimum atomic E-state index is -0.846. The number of hydrogen-bond donors (Lipinski definition) is 2. The number of benzene rings is 1. The van der Waals surface area contributed by atoms with E-state index in [4.69, 9.17) is 10.2 Å². The van der Waals surface area contributed by atoms with Gasteiger partial charge in [0.1, 0.15) is 6.26 Å². The number of rotatable bonds is 6. The second-order valence-corrected chi connectivity index (χ2v) is 5.36. The second kappa shape index (κ2) is 7.96. The first-order valence-corrected chi connectivity index (χ1v) is 7.10. The van der Waals surface area contributed by atoms with Gasteiger partial charge >= 0.3 is 0 Å². The number of amides is 1. The number of aromatic nitrogens is 1. The molecular formula is C16H22ClN3O2. The number of nitrogens with two attached hydrogens (primary N) is 1. The number of nitrogens with zero attached hydrogens (tertiary/aromatic N) is 1. The van der Waals surface area contributed by atoms with E-state index < -0.39 is 5.54 Å². The highest BCUT2D eigenvalue weighted by molar-refractivity contribution is 5.85. The smallest absolute Gasteiger partial charge is 0.240 e. The van der Waals surface area contributed by atoms with E-state index in [-0.39, 0.29) is 18.3 Å². The number of hydrogen-bond acceptors (Lipinski definition) is 4.